The van der Waals surface area contributed by atoms with Gasteiger partial charge in [0.05, 0.1) is 5.69 Å². The number of nitrogens with zero attached hydrogens (tertiary/aromatic N) is 4. The first-order valence-electron chi connectivity index (χ1n) is 8.21. The summed E-state index contributed by atoms with van der Waals surface area (Å²) in [5.41, 5.74) is 9.36. The van der Waals surface area contributed by atoms with E-state index in [1.807, 2.05) is 6.20 Å². The second-order valence-corrected chi connectivity index (χ2v) is 7.40. The van der Waals surface area contributed by atoms with Crippen LogP contribution in [0.1, 0.15) is 31.0 Å². The molecule has 124 valence electrons. The lowest BCUT2D eigenvalue weighted by atomic mass is 10.0. The molecule has 1 fully saturated rings. The average molecular weight is 378 g/mol. The highest BCUT2D eigenvalue weighted by molar-refractivity contribution is 9.10. The number of guanidine groups is 1. The summed E-state index contributed by atoms with van der Waals surface area (Å²) in [6.07, 6.45) is 7.41. The first-order chi connectivity index (χ1) is 11.0. The molecule has 0 spiro atoms. The summed E-state index contributed by atoms with van der Waals surface area (Å²) in [7, 11) is 0. The highest BCUT2D eigenvalue weighted by Gasteiger charge is 2.17. The summed E-state index contributed by atoms with van der Waals surface area (Å²) in [5.74, 6) is 1.39. The second-order valence-electron chi connectivity index (χ2n) is 6.49. The number of fused-ring (bicyclic) bond motifs is 1. The molecule has 1 atom stereocenters. The number of piperidine rings is 1. The topological polar surface area (TPSA) is 58.9 Å². The first-order valence-corrected chi connectivity index (χ1v) is 9.01. The molecule has 2 N–H and O–H groups in total. The third kappa shape index (κ3) is 3.86. The van der Waals surface area contributed by atoms with Crippen LogP contribution >= 0.6 is 15.9 Å². The smallest absolute Gasteiger partial charge is 0.191 e. The van der Waals surface area contributed by atoms with Crippen molar-refractivity contribution in [3.8, 4) is 0 Å². The fraction of sp³-hybridized carbons (Fsp3) is 0.529. The van der Waals surface area contributed by atoms with Gasteiger partial charge < -0.3 is 15.0 Å². The van der Waals surface area contributed by atoms with E-state index < -0.39 is 0 Å². The standard InChI is InChI=1S/C17H24BrN5/c1-12-4-3-7-22(9-12)17(19)20-6-5-15-11-23-10-14(18)8-13(2)16(23)21-15/h8,10-12H,3-7,9H2,1-2H3,(H2,19,20). The summed E-state index contributed by atoms with van der Waals surface area (Å²) in [4.78, 5) is 11.5. The lowest BCUT2D eigenvalue weighted by molar-refractivity contribution is 0.270. The lowest BCUT2D eigenvalue weighted by Gasteiger charge is -2.31. The van der Waals surface area contributed by atoms with Crippen molar-refractivity contribution in [2.45, 2.75) is 33.1 Å². The van der Waals surface area contributed by atoms with Gasteiger partial charge in [-0.25, -0.2) is 4.98 Å². The van der Waals surface area contributed by atoms with E-state index in [9.17, 15) is 0 Å². The van der Waals surface area contributed by atoms with E-state index in [-0.39, 0.29) is 0 Å². The number of likely N-dealkylation sites (tertiary alicyclic amines) is 1. The molecule has 0 saturated carbocycles. The summed E-state index contributed by atoms with van der Waals surface area (Å²) < 4.78 is 3.13. The van der Waals surface area contributed by atoms with E-state index in [0.717, 1.165) is 40.9 Å². The van der Waals surface area contributed by atoms with Gasteiger partial charge in [0.15, 0.2) is 5.96 Å². The van der Waals surface area contributed by atoms with Gasteiger partial charge in [-0.2, -0.15) is 0 Å². The van der Waals surface area contributed by atoms with Crippen LogP contribution in [0.3, 0.4) is 0 Å². The first kappa shape index (κ1) is 16.3. The zero-order valence-electron chi connectivity index (χ0n) is 13.8. The number of halogens is 1. The van der Waals surface area contributed by atoms with Crippen LogP contribution in [-0.4, -0.2) is 39.9 Å². The van der Waals surface area contributed by atoms with Crippen molar-refractivity contribution in [1.29, 1.82) is 0 Å². The van der Waals surface area contributed by atoms with Crippen molar-refractivity contribution >= 4 is 27.5 Å². The number of rotatable bonds is 3. The van der Waals surface area contributed by atoms with Gasteiger partial charge >= 0.3 is 0 Å². The number of nitrogens with two attached hydrogens (primary N) is 1. The number of aliphatic imine (C=N–C) groups is 1. The zero-order valence-corrected chi connectivity index (χ0v) is 15.4. The Morgan fingerprint density at radius 1 is 1.48 bits per heavy atom. The van der Waals surface area contributed by atoms with Crippen LogP contribution in [0, 0.1) is 12.8 Å². The highest BCUT2D eigenvalue weighted by atomic mass is 79.9. The Bertz CT molecular complexity index is 721. The summed E-state index contributed by atoms with van der Waals surface area (Å²) in [6, 6.07) is 2.08. The van der Waals surface area contributed by atoms with Crippen molar-refractivity contribution in [1.82, 2.24) is 14.3 Å². The van der Waals surface area contributed by atoms with Crippen LogP contribution in [0.2, 0.25) is 0 Å². The number of hydrogen-bond acceptors (Lipinski definition) is 2. The predicted octanol–water partition coefficient (Wildman–Crippen LogP) is 2.99. The number of aromatic nitrogens is 2. The highest BCUT2D eigenvalue weighted by Crippen LogP contribution is 2.18. The Kier molecular flexibility index (Phi) is 4.90. The van der Waals surface area contributed by atoms with E-state index in [0.29, 0.717) is 18.4 Å². The molecule has 0 bridgehead atoms. The number of aryl methyl sites for hydroxylation is 1. The molecule has 3 rings (SSSR count). The van der Waals surface area contributed by atoms with Crippen molar-refractivity contribution in [3.63, 3.8) is 0 Å². The van der Waals surface area contributed by atoms with Gasteiger partial charge in [0.1, 0.15) is 5.65 Å². The minimum atomic E-state index is 0.680. The Hall–Kier alpha value is -1.56. The van der Waals surface area contributed by atoms with Crippen LogP contribution < -0.4 is 5.73 Å². The number of pyridine rings is 1. The molecule has 0 radical (unpaired) electrons. The van der Waals surface area contributed by atoms with E-state index in [1.54, 1.807) is 0 Å². The molecule has 23 heavy (non-hydrogen) atoms. The fourth-order valence-electron chi connectivity index (χ4n) is 3.18. The van der Waals surface area contributed by atoms with E-state index in [4.69, 9.17) is 10.7 Å². The van der Waals surface area contributed by atoms with Gasteiger partial charge in [-0.05, 0) is 53.2 Å². The Balaban J connectivity index is 1.64. The van der Waals surface area contributed by atoms with Crippen molar-refractivity contribution in [3.05, 3.63) is 34.2 Å². The predicted molar refractivity (Wildman–Crippen MR) is 97.8 cm³/mol. The van der Waals surface area contributed by atoms with Crippen LogP contribution in [0.15, 0.2) is 27.9 Å². The normalized spacial score (nSPS) is 19.5. The zero-order chi connectivity index (χ0) is 16.4. The van der Waals surface area contributed by atoms with E-state index in [1.165, 1.54) is 12.8 Å². The minimum absolute atomic E-state index is 0.680. The third-order valence-corrected chi connectivity index (χ3v) is 4.81. The van der Waals surface area contributed by atoms with E-state index in [2.05, 4.69) is 56.3 Å². The van der Waals surface area contributed by atoms with Crippen LogP contribution in [-0.2, 0) is 6.42 Å². The summed E-state index contributed by atoms with van der Waals surface area (Å²) in [6.45, 7) is 7.08. The van der Waals surface area contributed by atoms with Crippen molar-refractivity contribution < 1.29 is 0 Å². The monoisotopic (exact) mass is 377 g/mol. The molecular formula is C17H24BrN5. The van der Waals surface area contributed by atoms with E-state index >= 15 is 0 Å². The maximum absolute atomic E-state index is 6.14. The maximum atomic E-state index is 6.14. The molecule has 0 amide bonds. The molecule has 1 unspecified atom stereocenters. The lowest BCUT2D eigenvalue weighted by Crippen LogP contribution is -2.43. The molecule has 1 aliphatic heterocycles. The SMILES string of the molecule is Cc1cc(Br)cn2cc(CCN=C(N)N3CCCC(C)C3)nc12. The molecule has 5 nitrogen and oxygen atoms in total. The van der Waals surface area contributed by atoms with Gasteiger partial charge in [-0.1, -0.05) is 6.92 Å². The van der Waals surface area contributed by atoms with Crippen LogP contribution in [0.5, 0.6) is 0 Å². The summed E-state index contributed by atoms with van der Waals surface area (Å²) in [5, 5.41) is 0. The Morgan fingerprint density at radius 3 is 3.09 bits per heavy atom. The van der Waals surface area contributed by atoms with Crippen molar-refractivity contribution in [2.24, 2.45) is 16.6 Å². The van der Waals surface area contributed by atoms with Crippen LogP contribution in [0.25, 0.3) is 5.65 Å². The molecular weight excluding hydrogens is 354 g/mol. The van der Waals surface area contributed by atoms with Gasteiger partial charge in [-0.3, -0.25) is 4.99 Å². The minimum Gasteiger partial charge on any atom is -0.370 e. The molecule has 1 saturated heterocycles. The van der Waals surface area contributed by atoms with Gasteiger partial charge in [-0.15, -0.1) is 0 Å². The largest absolute Gasteiger partial charge is 0.370 e. The summed E-state index contributed by atoms with van der Waals surface area (Å²) >= 11 is 3.52. The molecule has 6 heteroatoms. The Labute approximate surface area is 145 Å². The van der Waals surface area contributed by atoms with Gasteiger partial charge in [0.2, 0.25) is 0 Å². The van der Waals surface area contributed by atoms with Gasteiger partial charge in [0.25, 0.3) is 0 Å². The Morgan fingerprint density at radius 2 is 2.30 bits per heavy atom. The average Bonchev–Trinajstić information content (AvgIpc) is 2.90. The molecule has 0 aromatic carbocycles. The molecule has 2 aromatic rings. The number of imidazole rings is 1. The molecule has 1 aliphatic rings. The quantitative estimate of drug-likeness (QED) is 0.660. The maximum Gasteiger partial charge on any atom is 0.191 e. The van der Waals surface area contributed by atoms with Gasteiger partial charge in [0, 0.05) is 42.9 Å². The fourth-order valence-corrected chi connectivity index (χ4v) is 3.74. The van der Waals surface area contributed by atoms with Crippen LogP contribution in [0.4, 0.5) is 0 Å². The third-order valence-electron chi connectivity index (χ3n) is 4.37. The molecule has 3 heterocycles. The number of hydrogen-bond donors (Lipinski definition) is 1. The second kappa shape index (κ2) is 6.91. The van der Waals surface area contributed by atoms with Crippen molar-refractivity contribution in [2.75, 3.05) is 19.6 Å². The molecule has 2 aromatic heterocycles. The molecule has 0 aliphatic carbocycles.